The number of rotatable bonds is 12. The average Bonchev–Trinajstić information content (AvgIpc) is 3.31. The molecule has 0 saturated heterocycles. The number of methoxy groups -OCH3 is 1. The van der Waals surface area contributed by atoms with Crippen LogP contribution in [0.1, 0.15) is 31.7 Å². The lowest BCUT2D eigenvalue weighted by atomic mass is 10.2. The topological polar surface area (TPSA) is 85.7 Å². The molecule has 32 heavy (non-hydrogen) atoms. The monoisotopic (exact) mass is 470 g/mol. The van der Waals surface area contributed by atoms with Gasteiger partial charge in [-0.15, -0.1) is 10.2 Å². The van der Waals surface area contributed by atoms with E-state index in [1.165, 1.54) is 23.1 Å². The van der Waals surface area contributed by atoms with E-state index in [0.29, 0.717) is 18.1 Å². The van der Waals surface area contributed by atoms with Crippen LogP contribution in [0.2, 0.25) is 0 Å². The minimum Gasteiger partial charge on any atom is -0.493 e. The number of nitrogens with zero attached hydrogens (tertiary/aromatic N) is 3. The van der Waals surface area contributed by atoms with Crippen LogP contribution in [0.5, 0.6) is 11.5 Å². The molecule has 0 aliphatic rings. The lowest BCUT2D eigenvalue weighted by Crippen LogP contribution is -2.19. The molecule has 3 aromatic rings. The number of thioether (sulfide) groups is 1. The Morgan fingerprint density at radius 3 is 2.78 bits per heavy atom. The summed E-state index contributed by atoms with van der Waals surface area (Å²) in [6.45, 7) is 2.82. The molecule has 0 aliphatic carbocycles. The Labute approximate surface area is 196 Å². The predicted octanol–water partition coefficient (Wildman–Crippen LogP) is 5.03. The van der Waals surface area contributed by atoms with Gasteiger partial charge in [0.15, 0.2) is 15.8 Å². The minimum atomic E-state index is -0.217. The van der Waals surface area contributed by atoms with Crippen molar-refractivity contribution >= 4 is 35.2 Å². The number of hydrogen-bond donors (Lipinski definition) is 1. The van der Waals surface area contributed by atoms with Crippen molar-refractivity contribution in [3.05, 3.63) is 54.1 Å². The molecule has 0 aliphatic heterocycles. The SMILES string of the molecule is CCCCCOc1ccc(C=NNC(=O)CSc2nnc(-c3ccccc3)s2)cc1OC. The molecular formula is C23H26N4O3S2. The summed E-state index contributed by atoms with van der Waals surface area (Å²) in [7, 11) is 1.60. The van der Waals surface area contributed by atoms with Crippen molar-refractivity contribution in [1.29, 1.82) is 0 Å². The van der Waals surface area contributed by atoms with E-state index in [0.717, 1.165) is 39.7 Å². The lowest BCUT2D eigenvalue weighted by Gasteiger charge is -2.11. The number of ether oxygens (including phenoxy) is 2. The number of aromatic nitrogens is 2. The fourth-order valence-corrected chi connectivity index (χ4v) is 4.37. The number of hydrogen-bond acceptors (Lipinski definition) is 8. The van der Waals surface area contributed by atoms with Gasteiger partial charge in [-0.3, -0.25) is 4.79 Å². The second-order valence-corrected chi connectivity index (χ2v) is 8.99. The van der Waals surface area contributed by atoms with Gasteiger partial charge in [0.1, 0.15) is 5.01 Å². The zero-order chi connectivity index (χ0) is 22.6. The van der Waals surface area contributed by atoms with Crippen molar-refractivity contribution < 1.29 is 14.3 Å². The van der Waals surface area contributed by atoms with Crippen LogP contribution >= 0.6 is 23.1 Å². The van der Waals surface area contributed by atoms with E-state index in [2.05, 4.69) is 27.6 Å². The van der Waals surface area contributed by atoms with E-state index in [1.807, 2.05) is 48.5 Å². The van der Waals surface area contributed by atoms with Crippen LogP contribution in [0, 0.1) is 0 Å². The first-order chi connectivity index (χ1) is 15.7. The zero-order valence-electron chi connectivity index (χ0n) is 18.1. The van der Waals surface area contributed by atoms with E-state index in [-0.39, 0.29) is 11.7 Å². The van der Waals surface area contributed by atoms with Crippen LogP contribution in [0.15, 0.2) is 58.0 Å². The van der Waals surface area contributed by atoms with Gasteiger partial charge in [-0.05, 0) is 30.2 Å². The van der Waals surface area contributed by atoms with Gasteiger partial charge in [0.25, 0.3) is 5.91 Å². The first-order valence-corrected chi connectivity index (χ1v) is 12.1. The third-order valence-electron chi connectivity index (χ3n) is 4.35. The van der Waals surface area contributed by atoms with Gasteiger partial charge in [-0.25, -0.2) is 5.43 Å². The Bertz CT molecular complexity index is 1030. The number of carbonyl (C=O) groups is 1. The van der Waals surface area contributed by atoms with Crippen LogP contribution in [0.3, 0.4) is 0 Å². The van der Waals surface area contributed by atoms with Crippen molar-refractivity contribution in [2.45, 2.75) is 30.5 Å². The second kappa shape index (κ2) is 12.8. The molecule has 1 aromatic heterocycles. The molecule has 0 unspecified atom stereocenters. The standard InChI is InChI=1S/C23H26N4O3S2/c1-3-4-8-13-30-19-12-11-17(14-20(19)29-2)15-24-25-21(28)16-31-23-27-26-22(32-23)18-9-6-5-7-10-18/h5-7,9-12,14-15H,3-4,8,13,16H2,1-2H3,(H,25,28). The molecule has 1 N–H and O–H groups in total. The Balaban J connectivity index is 1.46. The second-order valence-electron chi connectivity index (χ2n) is 6.79. The molecule has 1 heterocycles. The van der Waals surface area contributed by atoms with Gasteiger partial charge in [0, 0.05) is 5.56 Å². The molecular weight excluding hydrogens is 444 g/mol. The number of amides is 1. The molecule has 168 valence electrons. The number of carbonyl (C=O) groups excluding carboxylic acids is 1. The molecule has 0 saturated carbocycles. The first kappa shape index (κ1) is 23.7. The third kappa shape index (κ3) is 7.35. The van der Waals surface area contributed by atoms with Gasteiger partial charge in [-0.1, -0.05) is 73.2 Å². The fourth-order valence-electron chi connectivity index (χ4n) is 2.72. The molecule has 7 nitrogen and oxygen atoms in total. The van der Waals surface area contributed by atoms with Crippen molar-refractivity contribution in [3.63, 3.8) is 0 Å². The van der Waals surface area contributed by atoms with Gasteiger partial charge < -0.3 is 9.47 Å². The highest BCUT2D eigenvalue weighted by atomic mass is 32.2. The molecule has 1 amide bonds. The van der Waals surface area contributed by atoms with E-state index >= 15 is 0 Å². The molecule has 0 atom stereocenters. The molecule has 0 spiro atoms. The summed E-state index contributed by atoms with van der Waals surface area (Å²) < 4.78 is 11.9. The Hall–Kier alpha value is -2.91. The van der Waals surface area contributed by atoms with Crippen LogP contribution in [0.25, 0.3) is 10.6 Å². The first-order valence-electron chi connectivity index (χ1n) is 10.3. The summed E-state index contributed by atoms with van der Waals surface area (Å²) in [4.78, 5) is 12.1. The van der Waals surface area contributed by atoms with E-state index in [9.17, 15) is 4.79 Å². The van der Waals surface area contributed by atoms with Crippen LogP contribution < -0.4 is 14.9 Å². The predicted molar refractivity (Wildman–Crippen MR) is 130 cm³/mol. The van der Waals surface area contributed by atoms with Gasteiger partial charge >= 0.3 is 0 Å². The summed E-state index contributed by atoms with van der Waals surface area (Å²) in [6.07, 6.45) is 4.87. The average molecular weight is 471 g/mol. The molecule has 2 aromatic carbocycles. The van der Waals surface area contributed by atoms with Gasteiger partial charge in [-0.2, -0.15) is 5.10 Å². The maximum absolute atomic E-state index is 12.1. The molecule has 3 rings (SSSR count). The molecule has 9 heteroatoms. The Kier molecular flexibility index (Phi) is 9.52. The molecule has 0 fully saturated rings. The normalized spacial score (nSPS) is 10.9. The fraction of sp³-hybridized carbons (Fsp3) is 0.304. The highest BCUT2D eigenvalue weighted by Gasteiger charge is 2.09. The van der Waals surface area contributed by atoms with Crippen molar-refractivity contribution in [2.75, 3.05) is 19.5 Å². The largest absolute Gasteiger partial charge is 0.493 e. The summed E-state index contributed by atoms with van der Waals surface area (Å²) >= 11 is 2.79. The highest BCUT2D eigenvalue weighted by molar-refractivity contribution is 8.01. The van der Waals surface area contributed by atoms with Crippen molar-refractivity contribution in [3.8, 4) is 22.1 Å². The van der Waals surface area contributed by atoms with Crippen LogP contribution in [-0.4, -0.2) is 41.8 Å². The Morgan fingerprint density at radius 2 is 2.00 bits per heavy atom. The minimum absolute atomic E-state index is 0.203. The number of nitrogens with one attached hydrogen (secondary N) is 1. The van der Waals surface area contributed by atoms with Crippen LogP contribution in [-0.2, 0) is 4.79 Å². The van der Waals surface area contributed by atoms with E-state index < -0.39 is 0 Å². The summed E-state index contributed by atoms with van der Waals surface area (Å²) in [5, 5.41) is 13.2. The van der Waals surface area contributed by atoms with E-state index in [1.54, 1.807) is 13.3 Å². The number of hydrazone groups is 1. The Morgan fingerprint density at radius 1 is 1.16 bits per heavy atom. The lowest BCUT2D eigenvalue weighted by molar-refractivity contribution is -0.118. The third-order valence-corrected chi connectivity index (χ3v) is 6.46. The van der Waals surface area contributed by atoms with Gasteiger partial charge in [0.2, 0.25) is 0 Å². The zero-order valence-corrected chi connectivity index (χ0v) is 19.7. The summed E-state index contributed by atoms with van der Waals surface area (Å²) in [5.74, 6) is 1.32. The van der Waals surface area contributed by atoms with E-state index in [4.69, 9.17) is 9.47 Å². The summed E-state index contributed by atoms with van der Waals surface area (Å²) in [6, 6.07) is 15.4. The summed E-state index contributed by atoms with van der Waals surface area (Å²) in [5.41, 5.74) is 4.35. The maximum Gasteiger partial charge on any atom is 0.250 e. The van der Waals surface area contributed by atoms with Crippen LogP contribution in [0.4, 0.5) is 0 Å². The molecule has 0 bridgehead atoms. The van der Waals surface area contributed by atoms with Crippen molar-refractivity contribution in [1.82, 2.24) is 15.6 Å². The van der Waals surface area contributed by atoms with Crippen molar-refractivity contribution in [2.24, 2.45) is 5.10 Å². The number of benzene rings is 2. The molecule has 0 radical (unpaired) electrons. The number of unbranched alkanes of at least 4 members (excludes halogenated alkanes) is 2. The maximum atomic E-state index is 12.1. The highest BCUT2D eigenvalue weighted by Crippen LogP contribution is 2.29. The quantitative estimate of drug-likeness (QED) is 0.173. The van der Waals surface area contributed by atoms with Gasteiger partial charge in [0.05, 0.1) is 25.7 Å². The smallest absolute Gasteiger partial charge is 0.250 e.